The maximum atomic E-state index is 13.7. The molecule has 0 atom stereocenters. The lowest BCUT2D eigenvalue weighted by Crippen LogP contribution is -2.13. The van der Waals surface area contributed by atoms with Gasteiger partial charge in [-0.3, -0.25) is 0 Å². The number of nitrogens with one attached hydrogen (secondary N) is 2. The van der Waals surface area contributed by atoms with E-state index in [0.29, 0.717) is 21.6 Å². The van der Waals surface area contributed by atoms with Gasteiger partial charge in [-0.1, -0.05) is 6.07 Å². The number of rotatable bonds is 4. The lowest BCUT2D eigenvalue weighted by Gasteiger charge is -2.07. The number of hydrogen-bond donors (Lipinski definition) is 2. The predicted octanol–water partition coefficient (Wildman–Crippen LogP) is 1.92. The second-order valence-corrected chi connectivity index (χ2v) is 8.23. The van der Waals surface area contributed by atoms with Gasteiger partial charge in [0.05, 0.1) is 18.3 Å². The van der Waals surface area contributed by atoms with Crippen molar-refractivity contribution in [1.82, 2.24) is 29.5 Å². The number of hydrogen-bond acceptors (Lipinski definition) is 7. The van der Waals surface area contributed by atoms with E-state index in [2.05, 4.69) is 46.3 Å². The summed E-state index contributed by atoms with van der Waals surface area (Å²) < 4.78 is 39.2. The van der Waals surface area contributed by atoms with Crippen LogP contribution in [0.1, 0.15) is 5.82 Å². The minimum Gasteiger partial charge on any atom is -0.360 e. The smallest absolute Gasteiger partial charge is 0.267 e. The minimum absolute atomic E-state index is 0.161. The molecule has 0 aliphatic rings. The van der Waals surface area contributed by atoms with E-state index in [-0.39, 0.29) is 23.0 Å². The zero-order valence-electron chi connectivity index (χ0n) is 13.2. The van der Waals surface area contributed by atoms with E-state index in [1.165, 1.54) is 16.8 Å². The van der Waals surface area contributed by atoms with Gasteiger partial charge < -0.3 is 10.3 Å². The summed E-state index contributed by atoms with van der Waals surface area (Å²) in [6.07, 6.45) is 2.50. The first kappa shape index (κ1) is 16.8. The molecule has 3 aromatic heterocycles. The quantitative estimate of drug-likeness (QED) is 0.498. The Morgan fingerprint density at radius 1 is 1.35 bits per heavy atom. The van der Waals surface area contributed by atoms with Crippen LogP contribution in [0.2, 0.25) is 0 Å². The van der Waals surface area contributed by atoms with Crippen molar-refractivity contribution in [3.8, 4) is 0 Å². The third-order valence-corrected chi connectivity index (χ3v) is 4.95. The van der Waals surface area contributed by atoms with E-state index in [1.807, 2.05) is 0 Å². The number of nitrogens with zero attached hydrogens (tertiary/aromatic N) is 5. The molecule has 0 fully saturated rings. The zero-order chi connectivity index (χ0) is 18.5. The molecule has 0 saturated heterocycles. The standard InChI is InChI=1S/C14H11BrFN7O2S/c1-26(24,25)14-21-12(13-18-5-9(15)23(13)22-14)17-6-10-19-8-4-2-3-7(16)11(8)20-10/h2-5H,6H2,1H3,(H,19,20)(H,17,21,22). The van der Waals surface area contributed by atoms with E-state index >= 15 is 0 Å². The molecular weight excluding hydrogens is 429 g/mol. The van der Waals surface area contributed by atoms with Crippen molar-refractivity contribution in [2.24, 2.45) is 0 Å². The molecule has 0 aliphatic heterocycles. The van der Waals surface area contributed by atoms with E-state index < -0.39 is 15.7 Å². The van der Waals surface area contributed by atoms with Crippen LogP contribution in [0, 0.1) is 5.82 Å². The molecule has 0 bridgehead atoms. The molecule has 0 amide bonds. The molecule has 1 aromatic carbocycles. The number of para-hydroxylation sites is 1. The molecule has 12 heteroatoms. The fraction of sp³-hybridized carbons (Fsp3) is 0.143. The molecule has 3 heterocycles. The number of halogens is 2. The topological polar surface area (TPSA) is 118 Å². The summed E-state index contributed by atoms with van der Waals surface area (Å²) in [5.74, 6) is 0.256. The van der Waals surface area contributed by atoms with Crippen molar-refractivity contribution in [1.29, 1.82) is 0 Å². The van der Waals surface area contributed by atoms with Gasteiger partial charge in [-0.05, 0) is 28.1 Å². The third kappa shape index (κ3) is 2.90. The van der Waals surface area contributed by atoms with Crippen molar-refractivity contribution in [2.45, 2.75) is 11.7 Å². The Labute approximate surface area is 154 Å². The van der Waals surface area contributed by atoms with Crippen molar-refractivity contribution < 1.29 is 12.8 Å². The van der Waals surface area contributed by atoms with Crippen molar-refractivity contribution in [2.75, 3.05) is 11.6 Å². The second-order valence-electron chi connectivity index (χ2n) is 5.50. The van der Waals surface area contributed by atoms with Crippen LogP contribution in [-0.2, 0) is 16.4 Å². The van der Waals surface area contributed by atoms with Gasteiger partial charge in [-0.15, -0.1) is 5.10 Å². The van der Waals surface area contributed by atoms with Crippen LogP contribution in [0.15, 0.2) is 34.2 Å². The molecular formula is C14H11BrFN7O2S. The van der Waals surface area contributed by atoms with E-state index in [1.54, 1.807) is 12.1 Å². The first-order valence-electron chi connectivity index (χ1n) is 7.31. The average Bonchev–Trinajstić information content (AvgIpc) is 3.17. The summed E-state index contributed by atoms with van der Waals surface area (Å²) >= 11 is 3.26. The van der Waals surface area contributed by atoms with Crippen LogP contribution in [0.5, 0.6) is 0 Å². The molecule has 26 heavy (non-hydrogen) atoms. The van der Waals surface area contributed by atoms with Crippen LogP contribution >= 0.6 is 15.9 Å². The average molecular weight is 440 g/mol. The molecule has 0 aliphatic carbocycles. The minimum atomic E-state index is -3.63. The highest BCUT2D eigenvalue weighted by atomic mass is 79.9. The lowest BCUT2D eigenvalue weighted by atomic mass is 10.3. The van der Waals surface area contributed by atoms with Gasteiger partial charge in [0, 0.05) is 6.26 Å². The van der Waals surface area contributed by atoms with Gasteiger partial charge >= 0.3 is 0 Å². The molecule has 2 N–H and O–H groups in total. The number of sulfone groups is 1. The maximum Gasteiger partial charge on any atom is 0.267 e. The largest absolute Gasteiger partial charge is 0.360 e. The molecule has 9 nitrogen and oxygen atoms in total. The summed E-state index contributed by atoms with van der Waals surface area (Å²) in [6.45, 7) is 0.161. The lowest BCUT2D eigenvalue weighted by molar-refractivity contribution is 0.587. The summed E-state index contributed by atoms with van der Waals surface area (Å²) in [7, 11) is -3.63. The highest BCUT2D eigenvalue weighted by molar-refractivity contribution is 9.10. The number of aromatic amines is 1. The van der Waals surface area contributed by atoms with Crippen molar-refractivity contribution in [3.05, 3.63) is 40.6 Å². The van der Waals surface area contributed by atoms with Crippen LogP contribution in [0.25, 0.3) is 16.7 Å². The molecule has 0 radical (unpaired) electrons. The molecule has 134 valence electrons. The SMILES string of the molecule is CS(=O)(=O)c1nc(NCc2nc3c(F)cccc3[nH]2)c2ncc(Br)n2n1. The van der Waals surface area contributed by atoms with Gasteiger partial charge in [0.25, 0.3) is 5.16 Å². The first-order valence-corrected chi connectivity index (χ1v) is 9.99. The second kappa shape index (κ2) is 5.99. The Bertz CT molecular complexity index is 1250. The van der Waals surface area contributed by atoms with Crippen LogP contribution in [0.3, 0.4) is 0 Å². The number of H-pyrrole nitrogens is 1. The highest BCUT2D eigenvalue weighted by Gasteiger charge is 2.18. The van der Waals surface area contributed by atoms with Crippen molar-refractivity contribution >= 4 is 48.3 Å². The highest BCUT2D eigenvalue weighted by Crippen LogP contribution is 2.20. The summed E-state index contributed by atoms with van der Waals surface area (Å²) in [4.78, 5) is 15.4. The Balaban J connectivity index is 1.73. The Morgan fingerprint density at radius 2 is 2.15 bits per heavy atom. The predicted molar refractivity (Wildman–Crippen MR) is 95.0 cm³/mol. The third-order valence-electron chi connectivity index (χ3n) is 3.57. The number of fused-ring (bicyclic) bond motifs is 2. The van der Waals surface area contributed by atoms with E-state index in [4.69, 9.17) is 0 Å². The van der Waals surface area contributed by atoms with Crippen LogP contribution in [0.4, 0.5) is 10.2 Å². The Morgan fingerprint density at radius 3 is 2.88 bits per heavy atom. The number of aromatic nitrogens is 6. The fourth-order valence-electron chi connectivity index (χ4n) is 2.41. The number of benzene rings is 1. The molecule has 0 saturated carbocycles. The van der Waals surface area contributed by atoms with Crippen LogP contribution < -0.4 is 5.32 Å². The summed E-state index contributed by atoms with van der Waals surface area (Å²) in [6, 6.07) is 4.63. The summed E-state index contributed by atoms with van der Waals surface area (Å²) in [5.41, 5.74) is 1.14. The molecule has 4 rings (SSSR count). The maximum absolute atomic E-state index is 13.7. The van der Waals surface area contributed by atoms with Gasteiger partial charge in [0.2, 0.25) is 9.84 Å². The number of imidazole rings is 2. The Kier molecular flexibility index (Phi) is 3.88. The van der Waals surface area contributed by atoms with Gasteiger partial charge in [-0.2, -0.15) is 4.98 Å². The van der Waals surface area contributed by atoms with Crippen LogP contribution in [-0.4, -0.2) is 44.2 Å². The fourth-order valence-corrected chi connectivity index (χ4v) is 3.25. The molecule has 0 unspecified atom stereocenters. The van der Waals surface area contributed by atoms with Gasteiger partial charge in [0.15, 0.2) is 17.3 Å². The normalized spacial score (nSPS) is 12.1. The molecule has 0 spiro atoms. The summed E-state index contributed by atoms with van der Waals surface area (Å²) in [5, 5.41) is 6.59. The van der Waals surface area contributed by atoms with Gasteiger partial charge in [-0.25, -0.2) is 27.3 Å². The first-order chi connectivity index (χ1) is 12.3. The van der Waals surface area contributed by atoms with Gasteiger partial charge in [0.1, 0.15) is 15.9 Å². The van der Waals surface area contributed by atoms with E-state index in [0.717, 1.165) is 6.26 Å². The number of anilines is 1. The van der Waals surface area contributed by atoms with E-state index in [9.17, 15) is 12.8 Å². The van der Waals surface area contributed by atoms with Crippen molar-refractivity contribution in [3.63, 3.8) is 0 Å². The monoisotopic (exact) mass is 439 g/mol. The molecule has 4 aromatic rings. The Hall–Kier alpha value is -2.60. The zero-order valence-corrected chi connectivity index (χ0v) is 15.6.